The third-order valence-corrected chi connectivity index (χ3v) is 5.55. The van der Waals surface area contributed by atoms with Crippen molar-refractivity contribution < 1.29 is 9.53 Å². The van der Waals surface area contributed by atoms with Crippen molar-refractivity contribution in [2.75, 3.05) is 19.6 Å². The highest BCUT2D eigenvalue weighted by molar-refractivity contribution is 5.78. The van der Waals surface area contributed by atoms with Crippen molar-refractivity contribution in [2.24, 2.45) is 0 Å². The Kier molecular flexibility index (Phi) is 6.13. The Hall–Kier alpha value is -2.41. The lowest BCUT2D eigenvalue weighted by Crippen LogP contribution is -2.44. The van der Waals surface area contributed by atoms with Crippen molar-refractivity contribution in [3.05, 3.63) is 65.2 Å². The molecule has 2 heterocycles. The molecule has 0 aromatic heterocycles. The first-order valence-electron chi connectivity index (χ1n) is 10.4. The minimum Gasteiger partial charge on any atom is -0.489 e. The van der Waals surface area contributed by atoms with Crippen molar-refractivity contribution in [2.45, 2.75) is 45.0 Å². The molecule has 2 aromatic carbocycles. The van der Waals surface area contributed by atoms with Crippen LogP contribution in [0, 0.1) is 6.92 Å². The van der Waals surface area contributed by atoms with Gasteiger partial charge in [-0.1, -0.05) is 48.0 Å². The molecule has 1 fully saturated rings. The maximum Gasteiger partial charge on any atom is 0.234 e. The molecule has 2 aromatic rings. The first-order valence-corrected chi connectivity index (χ1v) is 10.4. The van der Waals surface area contributed by atoms with Crippen LogP contribution in [0.4, 0.5) is 0 Å². The standard InChI is InChI=1S/C23H30N4O2/c1-16-8-9-22-19(10-16)14-27(13-17(2)29-22)15-23(28)24-12-20-11-21(26-25-20)18-6-4-3-5-7-18/h3-10,17,20-21,25-26H,11-15H2,1-2H3,(H,24,28). The highest BCUT2D eigenvalue weighted by atomic mass is 16.5. The van der Waals surface area contributed by atoms with Gasteiger partial charge in [0.15, 0.2) is 0 Å². The number of hydrogen-bond donors (Lipinski definition) is 3. The SMILES string of the molecule is Cc1ccc2c(c1)CN(CC(=O)NCC1CC(c3ccccc3)NN1)CC(C)O2. The molecule has 2 aliphatic rings. The number of hydrazine groups is 1. The normalized spacial score (nSPS) is 24.4. The number of carbonyl (C=O) groups is 1. The molecule has 1 saturated heterocycles. The van der Waals surface area contributed by atoms with Gasteiger partial charge in [-0.15, -0.1) is 0 Å². The Labute approximate surface area is 172 Å². The largest absolute Gasteiger partial charge is 0.489 e. The summed E-state index contributed by atoms with van der Waals surface area (Å²) in [7, 11) is 0. The summed E-state index contributed by atoms with van der Waals surface area (Å²) >= 11 is 0. The lowest BCUT2D eigenvalue weighted by molar-refractivity contribution is -0.122. The predicted molar refractivity (Wildman–Crippen MR) is 113 cm³/mol. The van der Waals surface area contributed by atoms with Crippen LogP contribution in [-0.2, 0) is 11.3 Å². The Morgan fingerprint density at radius 1 is 1.21 bits per heavy atom. The fraction of sp³-hybridized carbons (Fsp3) is 0.435. The number of rotatable bonds is 5. The van der Waals surface area contributed by atoms with Crippen LogP contribution in [0.5, 0.6) is 5.75 Å². The second-order valence-electron chi connectivity index (χ2n) is 8.20. The monoisotopic (exact) mass is 394 g/mol. The molecule has 3 atom stereocenters. The first kappa shape index (κ1) is 19.9. The molecule has 0 saturated carbocycles. The summed E-state index contributed by atoms with van der Waals surface area (Å²) in [6.07, 6.45) is 1.00. The number of aryl methyl sites for hydroxylation is 1. The minimum absolute atomic E-state index is 0.0539. The van der Waals surface area contributed by atoms with E-state index in [1.165, 1.54) is 11.1 Å². The van der Waals surface area contributed by atoms with Gasteiger partial charge in [-0.25, -0.2) is 5.43 Å². The number of fused-ring (bicyclic) bond motifs is 1. The Bertz CT molecular complexity index is 842. The van der Waals surface area contributed by atoms with E-state index in [9.17, 15) is 4.79 Å². The van der Waals surface area contributed by atoms with E-state index in [-0.39, 0.29) is 24.1 Å². The first-order chi connectivity index (χ1) is 14.1. The zero-order chi connectivity index (χ0) is 20.2. The molecule has 4 rings (SSSR count). The molecule has 1 amide bonds. The molecule has 29 heavy (non-hydrogen) atoms. The van der Waals surface area contributed by atoms with Crippen LogP contribution in [0.25, 0.3) is 0 Å². The van der Waals surface area contributed by atoms with Crippen molar-refractivity contribution in [1.82, 2.24) is 21.1 Å². The Morgan fingerprint density at radius 3 is 2.86 bits per heavy atom. The number of amides is 1. The number of ether oxygens (including phenoxy) is 1. The van der Waals surface area contributed by atoms with E-state index < -0.39 is 0 Å². The molecular weight excluding hydrogens is 364 g/mol. The van der Waals surface area contributed by atoms with Crippen LogP contribution in [0.15, 0.2) is 48.5 Å². The van der Waals surface area contributed by atoms with E-state index in [2.05, 4.69) is 71.3 Å². The second-order valence-corrected chi connectivity index (χ2v) is 8.20. The van der Waals surface area contributed by atoms with Gasteiger partial charge in [-0.2, -0.15) is 0 Å². The lowest BCUT2D eigenvalue weighted by Gasteiger charge is -2.21. The summed E-state index contributed by atoms with van der Waals surface area (Å²) < 4.78 is 6.03. The van der Waals surface area contributed by atoms with Gasteiger partial charge in [0.25, 0.3) is 0 Å². The summed E-state index contributed by atoms with van der Waals surface area (Å²) in [4.78, 5) is 14.7. The van der Waals surface area contributed by atoms with E-state index >= 15 is 0 Å². The van der Waals surface area contributed by atoms with E-state index in [4.69, 9.17) is 4.74 Å². The van der Waals surface area contributed by atoms with Crippen molar-refractivity contribution in [3.8, 4) is 5.75 Å². The van der Waals surface area contributed by atoms with Crippen molar-refractivity contribution in [3.63, 3.8) is 0 Å². The van der Waals surface area contributed by atoms with Gasteiger partial charge in [0.1, 0.15) is 11.9 Å². The summed E-state index contributed by atoms with van der Waals surface area (Å²) in [6.45, 7) is 6.59. The van der Waals surface area contributed by atoms with Crippen LogP contribution in [0.2, 0.25) is 0 Å². The van der Waals surface area contributed by atoms with E-state index in [0.717, 1.165) is 30.8 Å². The second kappa shape index (κ2) is 8.95. The molecule has 3 N–H and O–H groups in total. The molecule has 2 aliphatic heterocycles. The molecule has 6 nitrogen and oxygen atoms in total. The van der Waals surface area contributed by atoms with Crippen LogP contribution in [0.3, 0.4) is 0 Å². The molecule has 0 radical (unpaired) electrons. The average molecular weight is 395 g/mol. The predicted octanol–water partition coefficient (Wildman–Crippen LogP) is 2.30. The molecule has 0 aliphatic carbocycles. The van der Waals surface area contributed by atoms with Crippen LogP contribution in [0.1, 0.15) is 36.1 Å². The fourth-order valence-corrected chi connectivity index (χ4v) is 4.15. The van der Waals surface area contributed by atoms with Gasteiger partial charge in [0, 0.05) is 37.3 Å². The number of nitrogens with zero attached hydrogens (tertiary/aromatic N) is 1. The lowest BCUT2D eigenvalue weighted by atomic mass is 10.0. The molecule has 3 unspecified atom stereocenters. The summed E-state index contributed by atoms with van der Waals surface area (Å²) in [5.41, 5.74) is 10.3. The minimum atomic E-state index is 0.0539. The summed E-state index contributed by atoms with van der Waals surface area (Å²) in [5.74, 6) is 0.984. The van der Waals surface area contributed by atoms with Gasteiger partial charge in [-0.05, 0) is 31.9 Å². The van der Waals surface area contributed by atoms with E-state index in [1.54, 1.807) is 0 Å². The molecular formula is C23H30N4O2. The quantitative estimate of drug-likeness (QED) is 0.726. The van der Waals surface area contributed by atoms with Gasteiger partial charge in [0.05, 0.1) is 6.54 Å². The number of carbonyl (C=O) groups excluding carboxylic acids is 1. The summed E-state index contributed by atoms with van der Waals surface area (Å²) in [5, 5.41) is 3.09. The maximum absolute atomic E-state index is 12.6. The number of nitrogens with one attached hydrogen (secondary N) is 3. The average Bonchev–Trinajstić information content (AvgIpc) is 3.12. The molecule has 154 valence electrons. The third kappa shape index (κ3) is 5.15. The van der Waals surface area contributed by atoms with Crippen LogP contribution in [-0.4, -0.2) is 42.6 Å². The zero-order valence-electron chi connectivity index (χ0n) is 17.2. The van der Waals surface area contributed by atoms with Gasteiger partial charge in [-0.3, -0.25) is 15.1 Å². The fourth-order valence-electron chi connectivity index (χ4n) is 4.15. The van der Waals surface area contributed by atoms with Crippen LogP contribution >= 0.6 is 0 Å². The summed E-state index contributed by atoms with van der Waals surface area (Å²) in [6, 6.07) is 17.1. The zero-order valence-corrected chi connectivity index (χ0v) is 17.2. The highest BCUT2D eigenvalue weighted by Gasteiger charge is 2.26. The van der Waals surface area contributed by atoms with Crippen LogP contribution < -0.4 is 20.9 Å². The number of benzene rings is 2. The van der Waals surface area contributed by atoms with Crippen molar-refractivity contribution >= 4 is 5.91 Å². The van der Waals surface area contributed by atoms with Gasteiger partial charge in [0.2, 0.25) is 5.91 Å². The van der Waals surface area contributed by atoms with Gasteiger partial charge < -0.3 is 10.1 Å². The molecule has 0 spiro atoms. The topological polar surface area (TPSA) is 65.6 Å². The number of hydrogen-bond acceptors (Lipinski definition) is 5. The molecule has 0 bridgehead atoms. The third-order valence-electron chi connectivity index (χ3n) is 5.55. The van der Waals surface area contributed by atoms with Gasteiger partial charge >= 0.3 is 0 Å². The Morgan fingerprint density at radius 2 is 2.03 bits per heavy atom. The van der Waals surface area contributed by atoms with E-state index in [1.807, 2.05) is 12.1 Å². The molecule has 6 heteroatoms. The Balaban J connectivity index is 1.27. The van der Waals surface area contributed by atoms with E-state index in [0.29, 0.717) is 13.1 Å². The maximum atomic E-state index is 12.6. The highest BCUT2D eigenvalue weighted by Crippen LogP contribution is 2.26. The van der Waals surface area contributed by atoms with Crippen molar-refractivity contribution in [1.29, 1.82) is 0 Å². The smallest absolute Gasteiger partial charge is 0.234 e.